The van der Waals surface area contributed by atoms with Crippen LogP contribution in [0.25, 0.3) is 0 Å². The van der Waals surface area contributed by atoms with Crippen LogP contribution in [0.15, 0.2) is 71.2 Å². The zero-order valence-corrected chi connectivity index (χ0v) is 18.2. The maximum atomic E-state index is 14.9. The highest BCUT2D eigenvalue weighted by Gasteiger charge is 2.29. The Morgan fingerprint density at radius 2 is 1.71 bits per heavy atom. The van der Waals surface area contributed by atoms with Gasteiger partial charge >= 0.3 is 6.09 Å². The van der Waals surface area contributed by atoms with Gasteiger partial charge in [-0.1, -0.05) is 60.7 Å². The lowest BCUT2D eigenvalue weighted by Gasteiger charge is -2.13. The van der Waals surface area contributed by atoms with E-state index in [0.717, 1.165) is 11.1 Å². The molecule has 0 radical (unpaired) electrons. The number of alkyl carbamates (subject to hydrolysis) is 1. The summed E-state index contributed by atoms with van der Waals surface area (Å²) in [5.74, 6) is 0.388. The summed E-state index contributed by atoms with van der Waals surface area (Å²) in [7, 11) is 0. The Bertz CT molecular complexity index is 1050. The maximum absolute atomic E-state index is 14.9. The van der Waals surface area contributed by atoms with Gasteiger partial charge in [0.25, 0.3) is 0 Å². The van der Waals surface area contributed by atoms with E-state index >= 15 is 0 Å². The molecule has 0 saturated carbocycles. The molecule has 0 fully saturated rings. The fourth-order valence-corrected chi connectivity index (χ4v) is 3.76. The Morgan fingerprint density at radius 1 is 1.06 bits per heavy atom. The maximum Gasteiger partial charge on any atom is 0.407 e. The van der Waals surface area contributed by atoms with Crippen LogP contribution in [0.3, 0.4) is 0 Å². The molecule has 3 aromatic carbocycles. The van der Waals surface area contributed by atoms with Gasteiger partial charge in [0.2, 0.25) is 0 Å². The molecule has 1 N–H and O–H groups in total. The van der Waals surface area contributed by atoms with Crippen LogP contribution in [0.1, 0.15) is 16.7 Å². The molecule has 7 heteroatoms. The van der Waals surface area contributed by atoms with Crippen molar-refractivity contribution in [1.29, 1.82) is 0 Å². The Morgan fingerprint density at radius 3 is 2.39 bits per heavy atom. The Labute approximate surface area is 188 Å². The first-order valence-electron chi connectivity index (χ1n) is 9.89. The molecule has 1 atom stereocenters. The molecular weight excluding hydrogens is 465 g/mol. The van der Waals surface area contributed by atoms with Crippen LogP contribution < -0.4 is 14.8 Å². The summed E-state index contributed by atoms with van der Waals surface area (Å²) in [6, 6.07) is 20.7. The van der Waals surface area contributed by atoms with E-state index in [2.05, 4.69) is 21.2 Å². The van der Waals surface area contributed by atoms with Crippen molar-refractivity contribution in [2.24, 2.45) is 0 Å². The van der Waals surface area contributed by atoms with E-state index in [1.54, 1.807) is 6.07 Å². The number of amides is 1. The van der Waals surface area contributed by atoms with Crippen molar-refractivity contribution in [3.63, 3.8) is 0 Å². The van der Waals surface area contributed by atoms with Gasteiger partial charge < -0.3 is 19.5 Å². The van der Waals surface area contributed by atoms with Gasteiger partial charge in [0.05, 0.1) is 11.0 Å². The quantitative estimate of drug-likeness (QED) is 0.486. The van der Waals surface area contributed by atoms with Gasteiger partial charge in [-0.05, 0) is 27.1 Å². The largest absolute Gasteiger partial charge is 0.488 e. The number of hydrogen-bond acceptors (Lipinski definition) is 4. The molecule has 1 heterocycles. The number of nitrogens with one attached hydrogen (secondary N) is 1. The van der Waals surface area contributed by atoms with E-state index in [-0.39, 0.29) is 23.7 Å². The van der Waals surface area contributed by atoms with Crippen molar-refractivity contribution in [3.8, 4) is 11.5 Å². The molecule has 5 nitrogen and oxygen atoms in total. The monoisotopic (exact) mass is 485 g/mol. The van der Waals surface area contributed by atoms with Crippen molar-refractivity contribution in [2.45, 2.75) is 25.7 Å². The number of carbonyl (C=O) groups is 1. The number of hydrogen-bond donors (Lipinski definition) is 1. The Hall–Kier alpha value is -3.06. The van der Waals surface area contributed by atoms with Gasteiger partial charge in [0.15, 0.2) is 0 Å². The molecule has 0 unspecified atom stereocenters. The molecule has 0 aliphatic carbocycles. The predicted molar refractivity (Wildman–Crippen MR) is 118 cm³/mol. The van der Waals surface area contributed by atoms with E-state index in [0.29, 0.717) is 30.1 Å². The van der Waals surface area contributed by atoms with Crippen molar-refractivity contribution in [3.05, 3.63) is 93.7 Å². The first kappa shape index (κ1) is 21.2. The molecule has 0 spiro atoms. The molecule has 0 saturated heterocycles. The van der Waals surface area contributed by atoms with Crippen LogP contribution in [0.5, 0.6) is 11.5 Å². The third-order valence-corrected chi connectivity index (χ3v) is 5.62. The number of halogens is 2. The second-order valence-electron chi connectivity index (χ2n) is 7.14. The fraction of sp³-hybridized carbons (Fsp3) is 0.208. The van der Waals surface area contributed by atoms with E-state index in [1.165, 1.54) is 0 Å². The van der Waals surface area contributed by atoms with E-state index in [9.17, 15) is 9.18 Å². The third kappa shape index (κ3) is 5.35. The van der Waals surface area contributed by atoms with Crippen LogP contribution in [0.4, 0.5) is 9.18 Å². The molecule has 1 aliphatic rings. The second-order valence-corrected chi connectivity index (χ2v) is 7.93. The summed E-state index contributed by atoms with van der Waals surface area (Å²) in [6.07, 6.45) is -0.584. The SMILES string of the molecule is O=C(NC[C@H]1Cc2c(cc(OCc3ccccc3)c(Br)c2F)O1)OCc1ccccc1. The van der Waals surface area contributed by atoms with Crippen LogP contribution in [-0.4, -0.2) is 18.7 Å². The smallest absolute Gasteiger partial charge is 0.407 e. The fourth-order valence-electron chi connectivity index (χ4n) is 3.29. The summed E-state index contributed by atoms with van der Waals surface area (Å²) in [5, 5.41) is 2.67. The van der Waals surface area contributed by atoms with Gasteiger partial charge in [0, 0.05) is 18.1 Å². The van der Waals surface area contributed by atoms with Crippen LogP contribution >= 0.6 is 15.9 Å². The van der Waals surface area contributed by atoms with Crippen LogP contribution in [-0.2, 0) is 24.4 Å². The summed E-state index contributed by atoms with van der Waals surface area (Å²) < 4.78 is 31.9. The Kier molecular flexibility index (Phi) is 6.72. The first-order valence-corrected chi connectivity index (χ1v) is 10.7. The van der Waals surface area contributed by atoms with Gasteiger partial charge in [0.1, 0.15) is 36.6 Å². The minimum absolute atomic E-state index is 0.183. The van der Waals surface area contributed by atoms with Gasteiger partial charge in [-0.3, -0.25) is 0 Å². The van der Waals surface area contributed by atoms with Gasteiger partial charge in [-0.2, -0.15) is 0 Å². The second kappa shape index (κ2) is 9.83. The van der Waals surface area contributed by atoms with Crippen molar-refractivity contribution in [2.75, 3.05) is 6.54 Å². The minimum atomic E-state index is -0.544. The molecule has 4 rings (SSSR count). The summed E-state index contributed by atoms with van der Waals surface area (Å²) in [4.78, 5) is 12.0. The van der Waals surface area contributed by atoms with Crippen molar-refractivity contribution in [1.82, 2.24) is 5.32 Å². The number of rotatable bonds is 7. The molecule has 0 aromatic heterocycles. The van der Waals surface area contributed by atoms with Gasteiger partial charge in [-0.25, -0.2) is 9.18 Å². The first-order chi connectivity index (χ1) is 15.1. The van der Waals surface area contributed by atoms with Crippen molar-refractivity contribution >= 4 is 22.0 Å². The minimum Gasteiger partial charge on any atom is -0.488 e. The van der Waals surface area contributed by atoms with E-state index < -0.39 is 11.9 Å². The zero-order valence-electron chi connectivity index (χ0n) is 16.6. The van der Waals surface area contributed by atoms with Crippen LogP contribution in [0.2, 0.25) is 0 Å². The number of benzene rings is 3. The standard InChI is InChI=1S/C24H21BrFNO4/c25-22-21(29-14-16-7-3-1-4-8-16)12-20-19(23(22)26)11-18(31-20)13-27-24(28)30-15-17-9-5-2-6-10-17/h1-10,12,18H,11,13-15H2,(H,27,28)/t18-/m1/s1. The molecule has 3 aromatic rings. The highest BCUT2D eigenvalue weighted by atomic mass is 79.9. The zero-order chi connectivity index (χ0) is 21.6. The molecule has 1 aliphatic heterocycles. The lowest BCUT2D eigenvalue weighted by Crippen LogP contribution is -2.34. The van der Waals surface area contributed by atoms with Gasteiger partial charge in [-0.15, -0.1) is 0 Å². The lowest BCUT2D eigenvalue weighted by atomic mass is 10.1. The predicted octanol–water partition coefficient (Wildman–Crippen LogP) is 5.40. The average Bonchev–Trinajstić information content (AvgIpc) is 3.22. The summed E-state index contributed by atoms with van der Waals surface area (Å²) in [6.45, 7) is 0.706. The summed E-state index contributed by atoms with van der Waals surface area (Å²) >= 11 is 3.29. The topological polar surface area (TPSA) is 56.8 Å². The molecule has 160 valence electrons. The molecule has 0 bridgehead atoms. The van der Waals surface area contributed by atoms with E-state index in [1.807, 2.05) is 60.7 Å². The molecule has 31 heavy (non-hydrogen) atoms. The Balaban J connectivity index is 1.31. The van der Waals surface area contributed by atoms with Crippen LogP contribution in [0, 0.1) is 5.82 Å². The third-order valence-electron chi connectivity index (χ3n) is 4.88. The number of carbonyl (C=O) groups excluding carboxylic acids is 1. The normalized spacial score (nSPS) is 14.5. The molecule has 1 amide bonds. The highest BCUT2D eigenvalue weighted by molar-refractivity contribution is 9.10. The lowest BCUT2D eigenvalue weighted by molar-refractivity contribution is 0.133. The van der Waals surface area contributed by atoms with Crippen molar-refractivity contribution < 1.29 is 23.4 Å². The van der Waals surface area contributed by atoms with E-state index in [4.69, 9.17) is 14.2 Å². The average molecular weight is 486 g/mol. The molecular formula is C24H21BrFNO4. The number of fused-ring (bicyclic) bond motifs is 1. The summed E-state index contributed by atoms with van der Waals surface area (Å²) in [5.41, 5.74) is 2.34. The highest BCUT2D eigenvalue weighted by Crippen LogP contribution is 2.41. The number of ether oxygens (including phenoxy) is 3.